The van der Waals surface area contributed by atoms with Crippen molar-refractivity contribution in [1.29, 1.82) is 0 Å². The van der Waals surface area contributed by atoms with Gasteiger partial charge in [-0.15, -0.1) is 21.5 Å². The largest absolute Gasteiger partial charge is 0.497 e. The van der Waals surface area contributed by atoms with Gasteiger partial charge in [-0.25, -0.2) is 0 Å². The van der Waals surface area contributed by atoms with Crippen molar-refractivity contribution in [2.45, 2.75) is 23.2 Å². The predicted molar refractivity (Wildman–Crippen MR) is 115 cm³/mol. The molecule has 9 heteroatoms. The third kappa shape index (κ3) is 4.48. The second kappa shape index (κ2) is 8.93. The first kappa shape index (κ1) is 19.2. The molecule has 1 atom stereocenters. The zero-order valence-corrected chi connectivity index (χ0v) is 17.8. The predicted octanol–water partition coefficient (Wildman–Crippen LogP) is 4.81. The van der Waals surface area contributed by atoms with Gasteiger partial charge in [0.15, 0.2) is 4.34 Å². The van der Waals surface area contributed by atoms with Crippen molar-refractivity contribution in [1.82, 2.24) is 15.1 Å². The van der Waals surface area contributed by atoms with Crippen LogP contribution in [0.1, 0.15) is 23.8 Å². The molecular weight excluding hydrogens is 412 g/mol. The number of nitrogens with zero attached hydrogens (tertiary/aromatic N) is 3. The number of thioether (sulfide) groups is 1. The fourth-order valence-corrected chi connectivity index (χ4v) is 5.70. The lowest BCUT2D eigenvalue weighted by Crippen LogP contribution is -2.31. The van der Waals surface area contributed by atoms with E-state index >= 15 is 0 Å². The molecule has 1 fully saturated rings. The van der Waals surface area contributed by atoms with Gasteiger partial charge >= 0.3 is 0 Å². The highest BCUT2D eigenvalue weighted by Crippen LogP contribution is 2.35. The van der Waals surface area contributed by atoms with Crippen LogP contribution >= 0.6 is 34.4 Å². The average molecular weight is 433 g/mol. The van der Waals surface area contributed by atoms with E-state index in [1.165, 1.54) is 28.0 Å². The quantitative estimate of drug-likeness (QED) is 0.541. The molecule has 0 bridgehead atoms. The number of methoxy groups -OCH3 is 1. The van der Waals surface area contributed by atoms with Gasteiger partial charge in [0.25, 0.3) is 0 Å². The maximum absolute atomic E-state index is 12.7. The van der Waals surface area contributed by atoms with E-state index in [-0.39, 0.29) is 11.9 Å². The number of nitrogens with one attached hydrogen (secondary N) is 1. The van der Waals surface area contributed by atoms with Crippen LogP contribution in [0.15, 0.2) is 46.1 Å². The molecule has 0 radical (unpaired) electrons. The molecule has 1 aliphatic rings. The molecule has 0 saturated carbocycles. The summed E-state index contributed by atoms with van der Waals surface area (Å²) >= 11 is 4.62. The van der Waals surface area contributed by atoms with Crippen molar-refractivity contribution in [3.8, 4) is 5.75 Å². The number of rotatable bonds is 7. The summed E-state index contributed by atoms with van der Waals surface area (Å²) < 4.78 is 5.95. The highest BCUT2D eigenvalue weighted by Gasteiger charge is 2.30. The van der Waals surface area contributed by atoms with E-state index in [0.29, 0.717) is 10.9 Å². The molecule has 1 saturated heterocycles. The lowest BCUT2D eigenvalue weighted by molar-refractivity contribution is -0.129. The maximum atomic E-state index is 12.7. The number of carbonyl (C=O) groups is 1. The normalized spacial score (nSPS) is 16.3. The smallest absolute Gasteiger partial charge is 0.233 e. The molecule has 1 amide bonds. The highest BCUT2D eigenvalue weighted by molar-refractivity contribution is 8.01. The Morgan fingerprint density at radius 1 is 1.32 bits per heavy atom. The van der Waals surface area contributed by atoms with Crippen LogP contribution < -0.4 is 10.1 Å². The summed E-state index contributed by atoms with van der Waals surface area (Å²) in [7, 11) is 1.64. The number of anilines is 2. The van der Waals surface area contributed by atoms with Crippen LogP contribution in [0, 0.1) is 0 Å². The van der Waals surface area contributed by atoms with Gasteiger partial charge in [0.1, 0.15) is 5.75 Å². The van der Waals surface area contributed by atoms with Crippen LogP contribution in [0.5, 0.6) is 5.75 Å². The molecule has 0 unspecified atom stereocenters. The minimum Gasteiger partial charge on any atom is -0.497 e. The van der Waals surface area contributed by atoms with Gasteiger partial charge in [-0.2, -0.15) is 0 Å². The van der Waals surface area contributed by atoms with E-state index in [0.717, 1.165) is 35.2 Å². The van der Waals surface area contributed by atoms with Crippen molar-refractivity contribution in [2.75, 3.05) is 24.7 Å². The van der Waals surface area contributed by atoms with Crippen molar-refractivity contribution in [3.63, 3.8) is 0 Å². The summed E-state index contributed by atoms with van der Waals surface area (Å²) in [5.74, 6) is 1.36. The first-order chi connectivity index (χ1) is 13.7. The molecule has 1 aromatic carbocycles. The van der Waals surface area contributed by atoms with Gasteiger partial charge in [0, 0.05) is 17.1 Å². The third-order valence-corrected chi connectivity index (χ3v) is 7.44. The van der Waals surface area contributed by atoms with Crippen molar-refractivity contribution >= 4 is 51.2 Å². The Morgan fingerprint density at radius 3 is 2.93 bits per heavy atom. The minimum absolute atomic E-state index is 0.167. The Bertz CT molecular complexity index is 912. The van der Waals surface area contributed by atoms with Crippen molar-refractivity contribution in [3.05, 3.63) is 46.7 Å². The minimum atomic E-state index is 0.167. The molecule has 146 valence electrons. The fraction of sp³-hybridized carbons (Fsp3) is 0.316. The maximum Gasteiger partial charge on any atom is 0.233 e. The number of ether oxygens (including phenoxy) is 1. The van der Waals surface area contributed by atoms with E-state index in [1.54, 1.807) is 18.4 Å². The Hall–Kier alpha value is -2.10. The van der Waals surface area contributed by atoms with E-state index in [1.807, 2.05) is 35.2 Å². The van der Waals surface area contributed by atoms with Crippen molar-refractivity contribution in [2.24, 2.45) is 0 Å². The molecule has 2 aromatic heterocycles. The molecule has 3 aromatic rings. The molecule has 1 aliphatic heterocycles. The number of benzene rings is 1. The van der Waals surface area contributed by atoms with Gasteiger partial charge in [-0.05, 0) is 48.6 Å². The van der Waals surface area contributed by atoms with Gasteiger partial charge in [-0.1, -0.05) is 29.2 Å². The van der Waals surface area contributed by atoms with Gasteiger partial charge in [0.05, 0.1) is 18.9 Å². The van der Waals surface area contributed by atoms with Crippen molar-refractivity contribution < 1.29 is 9.53 Å². The Kier molecular flexibility index (Phi) is 6.13. The van der Waals surface area contributed by atoms with E-state index in [2.05, 4.69) is 27.0 Å². The SMILES string of the molecule is COc1ccc(Nc2nnc(SCC(=O)N3CCC[C@H]3c3cccs3)s2)cc1. The first-order valence-electron chi connectivity index (χ1n) is 8.93. The van der Waals surface area contributed by atoms with Crippen LogP contribution in [0.2, 0.25) is 0 Å². The number of aromatic nitrogens is 2. The molecular formula is C19H20N4O2S3. The molecule has 6 nitrogen and oxygen atoms in total. The summed E-state index contributed by atoms with van der Waals surface area (Å²) in [5, 5.41) is 14.4. The monoisotopic (exact) mass is 432 g/mol. The lowest BCUT2D eigenvalue weighted by atomic mass is 10.2. The number of hydrogen-bond donors (Lipinski definition) is 1. The molecule has 3 heterocycles. The molecule has 0 aliphatic carbocycles. The van der Waals surface area contributed by atoms with Crippen LogP contribution in [0.25, 0.3) is 0 Å². The second-order valence-corrected chi connectivity index (χ2v) is 9.46. The van der Waals surface area contributed by atoms with Crippen LogP contribution in [0.3, 0.4) is 0 Å². The van der Waals surface area contributed by atoms with Gasteiger partial charge < -0.3 is 15.0 Å². The van der Waals surface area contributed by atoms with Gasteiger partial charge in [0.2, 0.25) is 11.0 Å². The van der Waals surface area contributed by atoms with Gasteiger partial charge in [-0.3, -0.25) is 4.79 Å². The Morgan fingerprint density at radius 2 is 2.18 bits per heavy atom. The van der Waals surface area contributed by atoms with E-state index < -0.39 is 0 Å². The Labute approximate surface area is 175 Å². The zero-order valence-electron chi connectivity index (χ0n) is 15.3. The summed E-state index contributed by atoms with van der Waals surface area (Å²) in [6.07, 6.45) is 2.11. The standard InChI is InChI=1S/C19H20N4O2S3/c1-25-14-8-6-13(7-9-14)20-18-21-22-19(28-18)27-12-17(24)23-10-2-4-15(23)16-5-3-11-26-16/h3,5-9,11,15H,2,4,10,12H2,1H3,(H,20,21)/t15-/m0/s1. The molecule has 1 N–H and O–H groups in total. The second-order valence-electron chi connectivity index (χ2n) is 6.28. The summed E-state index contributed by atoms with van der Waals surface area (Å²) in [6.45, 7) is 0.836. The van der Waals surface area contributed by atoms with E-state index in [4.69, 9.17) is 4.74 Å². The third-order valence-electron chi connectivity index (χ3n) is 4.51. The number of amides is 1. The van der Waals surface area contributed by atoms with E-state index in [9.17, 15) is 4.79 Å². The Balaban J connectivity index is 1.32. The topological polar surface area (TPSA) is 67.3 Å². The molecule has 4 rings (SSSR count). The lowest BCUT2D eigenvalue weighted by Gasteiger charge is -2.23. The average Bonchev–Trinajstić information content (AvgIpc) is 3.47. The molecule has 0 spiro atoms. The fourth-order valence-electron chi connectivity index (χ4n) is 3.16. The van der Waals surface area contributed by atoms with Crippen LogP contribution in [-0.4, -0.2) is 40.4 Å². The summed E-state index contributed by atoms with van der Waals surface area (Å²) in [6, 6.07) is 12.0. The summed E-state index contributed by atoms with van der Waals surface area (Å²) in [4.78, 5) is 16.0. The molecule has 28 heavy (non-hydrogen) atoms. The number of likely N-dealkylation sites (tertiary alicyclic amines) is 1. The zero-order chi connectivity index (χ0) is 19.3. The highest BCUT2D eigenvalue weighted by atomic mass is 32.2. The first-order valence-corrected chi connectivity index (χ1v) is 11.6. The summed E-state index contributed by atoms with van der Waals surface area (Å²) in [5.41, 5.74) is 0.917. The number of carbonyl (C=O) groups excluding carboxylic acids is 1. The van der Waals surface area contributed by atoms with Crippen LogP contribution in [0.4, 0.5) is 10.8 Å². The number of hydrogen-bond acceptors (Lipinski definition) is 8. The van der Waals surface area contributed by atoms with Crippen LogP contribution in [-0.2, 0) is 4.79 Å². The number of thiophene rings is 1.